The summed E-state index contributed by atoms with van der Waals surface area (Å²) in [5.74, 6) is 0.989. The van der Waals surface area contributed by atoms with Crippen LogP contribution >= 0.6 is 0 Å². The van der Waals surface area contributed by atoms with Gasteiger partial charge in [0.1, 0.15) is 11.9 Å². The predicted molar refractivity (Wildman–Crippen MR) is 93.3 cm³/mol. The van der Waals surface area contributed by atoms with Crippen LogP contribution in [0.2, 0.25) is 0 Å². The number of rotatable bonds is 6. The Bertz CT molecular complexity index is 561. The summed E-state index contributed by atoms with van der Waals surface area (Å²) in [7, 11) is 1.83. The molecule has 6 nitrogen and oxygen atoms in total. The van der Waals surface area contributed by atoms with Crippen molar-refractivity contribution in [1.82, 2.24) is 9.88 Å². The smallest absolute Gasteiger partial charge is 0.240 e. The van der Waals surface area contributed by atoms with Crippen LogP contribution in [0, 0.1) is 12.0 Å². The van der Waals surface area contributed by atoms with E-state index in [4.69, 9.17) is 5.73 Å². The lowest BCUT2D eigenvalue weighted by Crippen LogP contribution is -2.55. The molecule has 0 aliphatic carbocycles. The van der Waals surface area contributed by atoms with Crippen LogP contribution in [0.25, 0.3) is 0 Å². The first-order valence-corrected chi connectivity index (χ1v) is 8.54. The number of primary amides is 1. The summed E-state index contributed by atoms with van der Waals surface area (Å²) in [6.07, 6.45) is 4.35. The van der Waals surface area contributed by atoms with E-state index in [0.717, 1.165) is 18.7 Å². The minimum atomic E-state index is -0.445. The zero-order chi connectivity index (χ0) is 17.7. The van der Waals surface area contributed by atoms with Gasteiger partial charge in [0.25, 0.3) is 0 Å². The molecule has 0 saturated carbocycles. The number of aromatic nitrogens is 1. The number of hydrogen-bond acceptors (Lipinski definition) is 4. The fourth-order valence-electron chi connectivity index (χ4n) is 3.12. The molecule has 1 aromatic heterocycles. The maximum absolute atomic E-state index is 12.4. The Balaban J connectivity index is 2.04. The average molecular weight is 331 g/mol. The molecule has 24 heavy (non-hydrogen) atoms. The van der Waals surface area contributed by atoms with E-state index in [9.17, 15) is 9.59 Å². The molecule has 1 aliphatic rings. The van der Waals surface area contributed by atoms with E-state index in [1.54, 1.807) is 17.2 Å². The van der Waals surface area contributed by atoms with Gasteiger partial charge in [0.15, 0.2) is 0 Å². The van der Waals surface area contributed by atoms with Crippen LogP contribution in [0.1, 0.15) is 39.5 Å². The molecule has 6 heteroatoms. The molecule has 131 valence electrons. The maximum Gasteiger partial charge on any atom is 0.240 e. The van der Waals surface area contributed by atoms with Gasteiger partial charge in [-0.1, -0.05) is 13.8 Å². The van der Waals surface area contributed by atoms with Gasteiger partial charge in [0.05, 0.1) is 0 Å². The van der Waals surface area contributed by atoms with Gasteiger partial charge in [-0.3, -0.25) is 9.59 Å². The second-order valence-electron chi connectivity index (χ2n) is 6.84. The Labute approximate surface area is 144 Å². The summed E-state index contributed by atoms with van der Waals surface area (Å²) in [6, 6.07) is 6.06. The Kier molecular flexibility index (Phi) is 6.17. The highest BCUT2D eigenvalue weighted by molar-refractivity contribution is 5.84. The van der Waals surface area contributed by atoms with Gasteiger partial charge in [-0.2, -0.15) is 0 Å². The van der Waals surface area contributed by atoms with E-state index in [1.807, 2.05) is 18.0 Å². The van der Waals surface area contributed by atoms with Gasteiger partial charge in [-0.05, 0) is 37.3 Å². The van der Waals surface area contributed by atoms with E-state index in [2.05, 4.69) is 24.9 Å². The first-order valence-electron chi connectivity index (χ1n) is 8.54. The lowest BCUT2D eigenvalue weighted by atomic mass is 9.95. The minimum Gasteiger partial charge on any atom is -0.368 e. The van der Waals surface area contributed by atoms with Crippen LogP contribution < -0.4 is 10.6 Å². The van der Waals surface area contributed by atoms with Crippen molar-refractivity contribution >= 4 is 17.6 Å². The molecule has 1 saturated heterocycles. The highest BCUT2D eigenvalue weighted by Gasteiger charge is 2.35. The molecule has 1 aliphatic heterocycles. The molecule has 2 heterocycles. The van der Waals surface area contributed by atoms with Crippen molar-refractivity contribution in [1.29, 1.82) is 0 Å². The second-order valence-corrected chi connectivity index (χ2v) is 6.84. The molecule has 1 radical (unpaired) electrons. The second kappa shape index (κ2) is 8.13. The largest absolute Gasteiger partial charge is 0.368 e. The molecule has 0 aromatic carbocycles. The fraction of sp³-hybridized carbons (Fsp3) is 0.611. The van der Waals surface area contributed by atoms with Gasteiger partial charge in [-0.25, -0.2) is 4.98 Å². The summed E-state index contributed by atoms with van der Waals surface area (Å²) in [6.45, 7) is 4.87. The van der Waals surface area contributed by atoms with E-state index >= 15 is 0 Å². The van der Waals surface area contributed by atoms with Crippen LogP contribution in [0.15, 0.2) is 18.3 Å². The lowest BCUT2D eigenvalue weighted by molar-refractivity contribution is -0.133. The van der Waals surface area contributed by atoms with Crippen molar-refractivity contribution in [3.05, 3.63) is 24.4 Å². The SMILES string of the molecule is CC(C)CCC(=O)N(C)C1CCN(c2cc[c]cn2)C(C(N)=O)C1. The summed E-state index contributed by atoms with van der Waals surface area (Å²) < 4.78 is 0. The Hall–Kier alpha value is -2.11. The van der Waals surface area contributed by atoms with Gasteiger partial charge < -0.3 is 15.5 Å². The number of amides is 2. The van der Waals surface area contributed by atoms with E-state index in [1.165, 1.54) is 0 Å². The normalized spacial score (nSPS) is 20.9. The van der Waals surface area contributed by atoms with E-state index in [0.29, 0.717) is 25.3 Å². The number of piperidine rings is 1. The number of nitrogens with zero attached hydrogens (tertiary/aromatic N) is 3. The maximum atomic E-state index is 12.4. The summed E-state index contributed by atoms with van der Waals surface area (Å²) in [5.41, 5.74) is 5.61. The lowest BCUT2D eigenvalue weighted by Gasteiger charge is -2.41. The number of pyridine rings is 1. The number of nitrogens with two attached hydrogens (primary N) is 1. The monoisotopic (exact) mass is 331 g/mol. The number of anilines is 1. The van der Waals surface area contributed by atoms with Gasteiger partial charge in [0, 0.05) is 38.3 Å². The van der Waals surface area contributed by atoms with Crippen molar-refractivity contribution in [2.45, 2.75) is 51.6 Å². The third-order valence-corrected chi connectivity index (χ3v) is 4.67. The molecule has 0 bridgehead atoms. The van der Waals surface area contributed by atoms with Crippen molar-refractivity contribution in [2.24, 2.45) is 11.7 Å². The van der Waals surface area contributed by atoms with Crippen LogP contribution in [0.5, 0.6) is 0 Å². The number of hydrogen-bond donors (Lipinski definition) is 1. The number of carbonyl (C=O) groups excluding carboxylic acids is 2. The summed E-state index contributed by atoms with van der Waals surface area (Å²) in [4.78, 5) is 32.3. The van der Waals surface area contributed by atoms with Gasteiger partial charge in [-0.15, -0.1) is 0 Å². The Morgan fingerprint density at radius 1 is 1.50 bits per heavy atom. The van der Waals surface area contributed by atoms with E-state index in [-0.39, 0.29) is 17.9 Å². The van der Waals surface area contributed by atoms with Crippen molar-refractivity contribution in [3.8, 4) is 0 Å². The Morgan fingerprint density at radius 2 is 2.25 bits per heavy atom. The molecule has 2 N–H and O–H groups in total. The zero-order valence-corrected chi connectivity index (χ0v) is 14.7. The zero-order valence-electron chi connectivity index (χ0n) is 14.7. The highest BCUT2D eigenvalue weighted by atomic mass is 16.2. The van der Waals surface area contributed by atoms with Crippen molar-refractivity contribution in [3.63, 3.8) is 0 Å². The Morgan fingerprint density at radius 3 is 2.83 bits per heavy atom. The molecule has 2 amide bonds. The highest BCUT2D eigenvalue weighted by Crippen LogP contribution is 2.26. The van der Waals surface area contributed by atoms with Crippen LogP contribution in [0.4, 0.5) is 5.82 Å². The molecule has 1 fully saturated rings. The predicted octanol–water partition coefficient (Wildman–Crippen LogP) is 1.60. The molecular formula is C18H27N4O2. The first kappa shape index (κ1) is 18.2. The summed E-state index contributed by atoms with van der Waals surface area (Å²) >= 11 is 0. The van der Waals surface area contributed by atoms with Crippen molar-refractivity contribution < 1.29 is 9.59 Å². The molecule has 2 rings (SSSR count). The standard InChI is InChI=1S/C18H27N4O2/c1-13(2)7-8-17(23)21(3)14-9-11-22(15(12-14)18(19)24)16-6-4-5-10-20-16/h4,6,10,13-15H,7-9,11-12H2,1-3H3,(H2,19,24). The molecular weight excluding hydrogens is 304 g/mol. The molecule has 2 unspecified atom stereocenters. The van der Waals surface area contributed by atoms with Crippen molar-refractivity contribution in [2.75, 3.05) is 18.5 Å². The number of carbonyl (C=O) groups is 2. The quantitative estimate of drug-likeness (QED) is 0.858. The van der Waals surface area contributed by atoms with Crippen LogP contribution in [-0.2, 0) is 9.59 Å². The van der Waals surface area contributed by atoms with Gasteiger partial charge >= 0.3 is 0 Å². The van der Waals surface area contributed by atoms with Gasteiger partial charge in [0.2, 0.25) is 11.8 Å². The fourth-order valence-corrected chi connectivity index (χ4v) is 3.12. The third kappa shape index (κ3) is 4.46. The third-order valence-electron chi connectivity index (χ3n) is 4.67. The van der Waals surface area contributed by atoms with Crippen LogP contribution in [-0.4, -0.2) is 47.4 Å². The molecule has 1 aromatic rings. The molecule has 2 atom stereocenters. The van der Waals surface area contributed by atoms with Crippen LogP contribution in [0.3, 0.4) is 0 Å². The van der Waals surface area contributed by atoms with E-state index < -0.39 is 6.04 Å². The average Bonchev–Trinajstić information content (AvgIpc) is 2.59. The topological polar surface area (TPSA) is 79.5 Å². The summed E-state index contributed by atoms with van der Waals surface area (Å²) in [5, 5.41) is 0. The molecule has 0 spiro atoms. The minimum absolute atomic E-state index is 0.0358. The first-order chi connectivity index (χ1) is 11.4.